The predicted molar refractivity (Wildman–Crippen MR) is 94.7 cm³/mol. The van der Waals surface area contributed by atoms with Crippen LogP contribution in [0.3, 0.4) is 0 Å². The van der Waals surface area contributed by atoms with E-state index in [-0.39, 0.29) is 12.4 Å². The van der Waals surface area contributed by atoms with Gasteiger partial charge < -0.3 is 18.9 Å². The Bertz CT molecular complexity index is 770. The summed E-state index contributed by atoms with van der Waals surface area (Å²) in [5.74, 6) is 0.452. The van der Waals surface area contributed by atoms with Gasteiger partial charge in [-0.25, -0.2) is 4.79 Å². The number of methoxy groups -OCH3 is 2. The molecule has 0 atom stereocenters. The van der Waals surface area contributed by atoms with Gasteiger partial charge in [0.1, 0.15) is 24.4 Å². The number of carbonyl (C=O) groups excluding carboxylic acids is 1. The largest absolute Gasteiger partial charge is 0.500 e. The van der Waals surface area contributed by atoms with Crippen LogP contribution in [0.4, 0.5) is 0 Å². The molecule has 0 aromatic heterocycles. The highest BCUT2D eigenvalue weighted by Gasteiger charge is 2.16. The minimum Gasteiger partial charge on any atom is -0.500 e. The Morgan fingerprint density at radius 1 is 1.12 bits per heavy atom. The van der Waals surface area contributed by atoms with Crippen LogP contribution in [0.2, 0.25) is 5.02 Å². The molecule has 2 rings (SSSR count). The molecule has 6 heteroatoms. The Morgan fingerprint density at radius 2 is 1.88 bits per heavy atom. The van der Waals surface area contributed by atoms with Crippen LogP contribution in [-0.2, 0) is 20.9 Å². The van der Waals surface area contributed by atoms with E-state index in [0.29, 0.717) is 16.3 Å². The quantitative estimate of drug-likeness (QED) is 0.418. The number of para-hydroxylation sites is 1. The zero-order valence-electron chi connectivity index (χ0n) is 14.2. The first-order chi connectivity index (χ1) is 12.0. The molecule has 0 aliphatic rings. The molecule has 0 spiro atoms. The van der Waals surface area contributed by atoms with Crippen molar-refractivity contribution in [3.05, 3.63) is 70.6 Å². The normalized spacial score (nSPS) is 11.0. The van der Waals surface area contributed by atoms with Crippen molar-refractivity contribution in [2.24, 2.45) is 0 Å². The highest BCUT2D eigenvalue weighted by Crippen LogP contribution is 2.27. The maximum absolute atomic E-state index is 11.8. The van der Waals surface area contributed by atoms with E-state index in [1.165, 1.54) is 20.5 Å². The van der Waals surface area contributed by atoms with Crippen LogP contribution < -0.4 is 9.47 Å². The lowest BCUT2D eigenvalue weighted by atomic mass is 10.2. The number of rotatable bonds is 7. The van der Waals surface area contributed by atoms with Crippen LogP contribution in [0.15, 0.2) is 54.5 Å². The summed E-state index contributed by atoms with van der Waals surface area (Å²) in [6.07, 6.45) is 1.17. The molecule has 2 aromatic rings. The van der Waals surface area contributed by atoms with Gasteiger partial charge in [0.15, 0.2) is 0 Å². The van der Waals surface area contributed by atoms with Crippen molar-refractivity contribution in [2.45, 2.75) is 13.5 Å². The Hall–Kier alpha value is -2.66. The van der Waals surface area contributed by atoms with Crippen molar-refractivity contribution in [1.29, 1.82) is 0 Å². The molecular weight excluding hydrogens is 344 g/mol. The minimum absolute atomic E-state index is 0.0792. The van der Waals surface area contributed by atoms with Gasteiger partial charge in [0.2, 0.25) is 5.76 Å². The van der Waals surface area contributed by atoms with Gasteiger partial charge in [0, 0.05) is 10.6 Å². The summed E-state index contributed by atoms with van der Waals surface area (Å²) >= 11 is 6.08. The molecule has 0 aliphatic heterocycles. The fourth-order valence-corrected chi connectivity index (χ4v) is 2.27. The molecule has 5 nitrogen and oxygen atoms in total. The van der Waals surface area contributed by atoms with Crippen LogP contribution in [0.5, 0.6) is 11.5 Å². The smallest absolute Gasteiger partial charge is 0.377 e. The van der Waals surface area contributed by atoms with E-state index < -0.39 is 5.97 Å². The van der Waals surface area contributed by atoms with Gasteiger partial charge in [-0.05, 0) is 36.8 Å². The molecule has 0 fully saturated rings. The molecule has 132 valence electrons. The monoisotopic (exact) mass is 362 g/mol. The fraction of sp³-hybridized carbons (Fsp3) is 0.211. The van der Waals surface area contributed by atoms with Gasteiger partial charge in [-0.1, -0.05) is 29.8 Å². The first-order valence-corrected chi connectivity index (χ1v) is 7.89. The number of esters is 1. The molecule has 0 heterocycles. The van der Waals surface area contributed by atoms with E-state index >= 15 is 0 Å². The van der Waals surface area contributed by atoms with E-state index in [0.717, 1.165) is 11.3 Å². The van der Waals surface area contributed by atoms with E-state index in [2.05, 4.69) is 4.74 Å². The molecule has 0 unspecified atom stereocenters. The summed E-state index contributed by atoms with van der Waals surface area (Å²) in [5.41, 5.74) is 1.70. The van der Waals surface area contributed by atoms with Crippen LogP contribution in [0.1, 0.15) is 11.1 Å². The lowest BCUT2D eigenvalue weighted by Crippen LogP contribution is -2.12. The van der Waals surface area contributed by atoms with Crippen molar-refractivity contribution >= 4 is 17.6 Å². The number of aryl methyl sites for hydroxylation is 1. The minimum atomic E-state index is -0.650. The SMILES string of the molecule is COC=C(Oc1ccc(Cl)cc1COc1ccccc1C)C(=O)OC. The molecule has 0 radical (unpaired) electrons. The number of benzene rings is 2. The maximum Gasteiger partial charge on any atom is 0.377 e. The summed E-state index contributed by atoms with van der Waals surface area (Å²) in [5, 5.41) is 0.533. The van der Waals surface area contributed by atoms with Crippen molar-refractivity contribution in [3.8, 4) is 11.5 Å². The summed E-state index contributed by atoms with van der Waals surface area (Å²) in [7, 11) is 2.68. The summed E-state index contributed by atoms with van der Waals surface area (Å²) in [4.78, 5) is 11.8. The van der Waals surface area contributed by atoms with Crippen LogP contribution >= 0.6 is 11.6 Å². The zero-order chi connectivity index (χ0) is 18.2. The summed E-state index contributed by atoms with van der Waals surface area (Å²) in [6, 6.07) is 12.7. The fourth-order valence-electron chi connectivity index (χ4n) is 2.07. The maximum atomic E-state index is 11.8. The third kappa shape index (κ3) is 5.16. The first-order valence-electron chi connectivity index (χ1n) is 7.51. The standard InChI is InChI=1S/C19H19ClO5/c1-13-6-4-5-7-16(13)24-11-14-10-15(20)8-9-17(14)25-18(12-22-2)19(21)23-3/h4-10,12H,11H2,1-3H3. The van der Waals surface area contributed by atoms with E-state index in [4.69, 9.17) is 25.8 Å². The number of carbonyl (C=O) groups is 1. The van der Waals surface area contributed by atoms with Gasteiger partial charge in [0.25, 0.3) is 0 Å². The third-order valence-corrected chi connectivity index (χ3v) is 3.57. The second-order valence-corrected chi connectivity index (χ2v) is 5.55. The van der Waals surface area contributed by atoms with E-state index in [9.17, 15) is 4.79 Å². The van der Waals surface area contributed by atoms with Crippen molar-refractivity contribution in [3.63, 3.8) is 0 Å². The second-order valence-electron chi connectivity index (χ2n) is 5.12. The van der Waals surface area contributed by atoms with Gasteiger partial charge in [-0.15, -0.1) is 0 Å². The van der Waals surface area contributed by atoms with E-state index in [1.807, 2.05) is 31.2 Å². The Kier molecular flexibility index (Phi) is 6.71. The second kappa shape index (κ2) is 8.99. The number of hydrogen-bond donors (Lipinski definition) is 0. The number of halogens is 1. The molecule has 0 bridgehead atoms. The lowest BCUT2D eigenvalue weighted by Gasteiger charge is -2.14. The molecule has 25 heavy (non-hydrogen) atoms. The van der Waals surface area contributed by atoms with Gasteiger partial charge in [0.05, 0.1) is 14.2 Å². The van der Waals surface area contributed by atoms with Gasteiger partial charge >= 0.3 is 5.97 Å². The van der Waals surface area contributed by atoms with Crippen molar-refractivity contribution < 1.29 is 23.7 Å². The highest BCUT2D eigenvalue weighted by atomic mass is 35.5. The molecule has 0 saturated heterocycles. The van der Waals surface area contributed by atoms with E-state index in [1.54, 1.807) is 18.2 Å². The number of hydrogen-bond acceptors (Lipinski definition) is 5. The molecule has 0 N–H and O–H groups in total. The lowest BCUT2D eigenvalue weighted by molar-refractivity contribution is -0.138. The summed E-state index contributed by atoms with van der Waals surface area (Å²) < 4.78 is 21.0. The molecule has 0 aliphatic carbocycles. The predicted octanol–water partition coefficient (Wildman–Crippen LogP) is 4.27. The van der Waals surface area contributed by atoms with Crippen LogP contribution in [-0.4, -0.2) is 20.2 Å². The highest BCUT2D eigenvalue weighted by molar-refractivity contribution is 6.30. The molecular formula is C19H19ClO5. The first kappa shape index (κ1) is 18.7. The number of ether oxygens (including phenoxy) is 4. The van der Waals surface area contributed by atoms with Crippen LogP contribution in [0, 0.1) is 6.92 Å². The van der Waals surface area contributed by atoms with Gasteiger partial charge in [-0.3, -0.25) is 0 Å². The molecule has 0 amide bonds. The topological polar surface area (TPSA) is 54.0 Å². The Balaban J connectivity index is 2.23. The third-order valence-electron chi connectivity index (χ3n) is 3.33. The van der Waals surface area contributed by atoms with Crippen molar-refractivity contribution in [1.82, 2.24) is 0 Å². The Morgan fingerprint density at radius 3 is 2.56 bits per heavy atom. The Labute approximate surface area is 151 Å². The average Bonchev–Trinajstić information content (AvgIpc) is 2.61. The molecule has 0 saturated carbocycles. The van der Waals surface area contributed by atoms with Crippen LogP contribution in [0.25, 0.3) is 0 Å². The molecule has 2 aromatic carbocycles. The van der Waals surface area contributed by atoms with Gasteiger partial charge in [-0.2, -0.15) is 0 Å². The zero-order valence-corrected chi connectivity index (χ0v) is 15.0. The average molecular weight is 363 g/mol. The van der Waals surface area contributed by atoms with Crippen molar-refractivity contribution in [2.75, 3.05) is 14.2 Å². The summed E-state index contributed by atoms with van der Waals surface area (Å²) in [6.45, 7) is 2.18.